The molecule has 20 heavy (non-hydrogen) atoms. The van der Waals surface area contributed by atoms with E-state index in [1.54, 1.807) is 6.07 Å². The SMILES string of the molecule is NCC(C(=O)Cc1cc(F)ccc1Br)c1ccccc1. The summed E-state index contributed by atoms with van der Waals surface area (Å²) in [5.41, 5.74) is 7.26. The topological polar surface area (TPSA) is 43.1 Å². The number of halogens is 2. The number of hydrogen-bond acceptors (Lipinski definition) is 2. The van der Waals surface area contributed by atoms with Crippen molar-refractivity contribution in [1.82, 2.24) is 0 Å². The van der Waals surface area contributed by atoms with Gasteiger partial charge in [-0.2, -0.15) is 0 Å². The van der Waals surface area contributed by atoms with Crippen LogP contribution < -0.4 is 5.73 Å². The van der Waals surface area contributed by atoms with Crippen LogP contribution in [0.4, 0.5) is 4.39 Å². The summed E-state index contributed by atoms with van der Waals surface area (Å²) in [7, 11) is 0. The molecule has 0 radical (unpaired) electrons. The van der Waals surface area contributed by atoms with Crippen molar-refractivity contribution < 1.29 is 9.18 Å². The van der Waals surface area contributed by atoms with Gasteiger partial charge >= 0.3 is 0 Å². The fourth-order valence-electron chi connectivity index (χ4n) is 2.13. The third-order valence-corrected chi connectivity index (χ3v) is 3.97. The highest BCUT2D eigenvalue weighted by molar-refractivity contribution is 9.10. The number of benzene rings is 2. The monoisotopic (exact) mass is 335 g/mol. The van der Waals surface area contributed by atoms with E-state index in [2.05, 4.69) is 15.9 Å². The standard InChI is InChI=1S/C16H15BrFNO/c17-15-7-6-13(18)8-12(15)9-16(20)14(10-19)11-4-2-1-3-5-11/h1-8,14H,9-10,19H2. The van der Waals surface area contributed by atoms with Crippen LogP contribution in [0.2, 0.25) is 0 Å². The van der Waals surface area contributed by atoms with Crippen LogP contribution in [0.25, 0.3) is 0 Å². The lowest BCUT2D eigenvalue weighted by Crippen LogP contribution is -2.23. The molecule has 2 aromatic rings. The van der Waals surface area contributed by atoms with E-state index in [-0.39, 0.29) is 30.5 Å². The van der Waals surface area contributed by atoms with E-state index in [1.807, 2.05) is 30.3 Å². The number of carbonyl (C=O) groups excluding carboxylic acids is 1. The van der Waals surface area contributed by atoms with Crippen molar-refractivity contribution in [2.24, 2.45) is 5.73 Å². The molecule has 0 aliphatic heterocycles. The second-order valence-corrected chi connectivity index (χ2v) is 5.43. The van der Waals surface area contributed by atoms with Gasteiger partial charge < -0.3 is 5.73 Å². The van der Waals surface area contributed by atoms with Crippen LogP contribution >= 0.6 is 15.9 Å². The van der Waals surface area contributed by atoms with Crippen molar-refractivity contribution in [3.63, 3.8) is 0 Å². The van der Waals surface area contributed by atoms with Gasteiger partial charge in [0.2, 0.25) is 0 Å². The quantitative estimate of drug-likeness (QED) is 0.909. The first-order valence-electron chi connectivity index (χ1n) is 6.33. The molecule has 1 atom stereocenters. The van der Waals surface area contributed by atoms with Gasteiger partial charge in [-0.3, -0.25) is 4.79 Å². The summed E-state index contributed by atoms with van der Waals surface area (Å²) in [6, 6.07) is 13.8. The minimum absolute atomic E-state index is 0.00926. The molecule has 0 bridgehead atoms. The summed E-state index contributed by atoms with van der Waals surface area (Å²) in [5, 5.41) is 0. The van der Waals surface area contributed by atoms with E-state index in [4.69, 9.17) is 5.73 Å². The molecule has 0 heterocycles. The largest absolute Gasteiger partial charge is 0.329 e. The van der Waals surface area contributed by atoms with Crippen molar-refractivity contribution in [1.29, 1.82) is 0 Å². The minimum Gasteiger partial charge on any atom is -0.329 e. The maximum atomic E-state index is 13.2. The Labute approximate surface area is 125 Å². The van der Waals surface area contributed by atoms with Crippen LogP contribution in [0.1, 0.15) is 17.0 Å². The molecule has 4 heteroatoms. The molecule has 0 spiro atoms. The first kappa shape index (κ1) is 14.9. The molecular weight excluding hydrogens is 321 g/mol. The van der Waals surface area contributed by atoms with Gasteiger partial charge in [-0.25, -0.2) is 4.39 Å². The second-order valence-electron chi connectivity index (χ2n) is 4.58. The fourth-order valence-corrected chi connectivity index (χ4v) is 2.52. The number of hydrogen-bond donors (Lipinski definition) is 1. The molecular formula is C16H15BrFNO. The van der Waals surface area contributed by atoms with Crippen LogP contribution in [0.3, 0.4) is 0 Å². The molecule has 0 saturated heterocycles. The maximum Gasteiger partial charge on any atom is 0.146 e. The van der Waals surface area contributed by atoms with Gasteiger partial charge in [0.15, 0.2) is 0 Å². The number of nitrogens with two attached hydrogens (primary N) is 1. The highest BCUT2D eigenvalue weighted by atomic mass is 79.9. The number of ketones is 1. The van der Waals surface area contributed by atoms with Gasteiger partial charge in [0.25, 0.3) is 0 Å². The summed E-state index contributed by atoms with van der Waals surface area (Å²) >= 11 is 3.34. The number of rotatable bonds is 5. The zero-order valence-corrected chi connectivity index (χ0v) is 12.4. The summed E-state index contributed by atoms with van der Waals surface area (Å²) in [5.74, 6) is -0.712. The molecule has 2 nitrogen and oxygen atoms in total. The zero-order chi connectivity index (χ0) is 14.5. The van der Waals surface area contributed by atoms with Crippen LogP contribution in [0.5, 0.6) is 0 Å². The third kappa shape index (κ3) is 3.52. The summed E-state index contributed by atoms with van der Waals surface area (Å²) in [4.78, 5) is 12.4. The molecule has 1 unspecified atom stereocenters. The molecule has 0 fully saturated rings. The Morgan fingerprint density at radius 3 is 2.55 bits per heavy atom. The van der Waals surface area contributed by atoms with Crippen LogP contribution in [0.15, 0.2) is 53.0 Å². The average Bonchev–Trinajstić information content (AvgIpc) is 2.45. The Balaban J connectivity index is 2.20. The van der Waals surface area contributed by atoms with Gasteiger partial charge in [0, 0.05) is 17.4 Å². The van der Waals surface area contributed by atoms with E-state index in [1.165, 1.54) is 12.1 Å². The maximum absolute atomic E-state index is 13.2. The van der Waals surface area contributed by atoms with E-state index >= 15 is 0 Å². The van der Waals surface area contributed by atoms with Gasteiger partial charge in [-0.1, -0.05) is 46.3 Å². The Morgan fingerprint density at radius 1 is 1.20 bits per heavy atom. The predicted molar refractivity (Wildman–Crippen MR) is 81.0 cm³/mol. The highest BCUT2D eigenvalue weighted by Crippen LogP contribution is 2.22. The third-order valence-electron chi connectivity index (χ3n) is 3.20. The van der Waals surface area contributed by atoms with Crippen LogP contribution in [-0.2, 0) is 11.2 Å². The normalized spacial score (nSPS) is 12.2. The van der Waals surface area contributed by atoms with Gasteiger partial charge in [0.1, 0.15) is 11.6 Å². The van der Waals surface area contributed by atoms with Crippen LogP contribution in [-0.4, -0.2) is 12.3 Å². The molecule has 2 N–H and O–H groups in total. The molecule has 0 aliphatic rings. The van der Waals surface area contributed by atoms with Crippen molar-refractivity contribution in [3.05, 3.63) is 69.9 Å². The van der Waals surface area contributed by atoms with Gasteiger partial charge in [-0.15, -0.1) is 0 Å². The van der Waals surface area contributed by atoms with Crippen molar-refractivity contribution in [2.45, 2.75) is 12.3 Å². The Kier molecular flexibility index (Phi) is 5.04. The first-order chi connectivity index (χ1) is 9.61. The Bertz CT molecular complexity index is 601. The lowest BCUT2D eigenvalue weighted by Gasteiger charge is -2.14. The summed E-state index contributed by atoms with van der Waals surface area (Å²) < 4.78 is 14.0. The van der Waals surface area contributed by atoms with Crippen molar-refractivity contribution in [2.75, 3.05) is 6.54 Å². The Hall–Kier alpha value is -1.52. The highest BCUT2D eigenvalue weighted by Gasteiger charge is 2.20. The lowest BCUT2D eigenvalue weighted by molar-refractivity contribution is -0.119. The van der Waals surface area contributed by atoms with E-state index in [9.17, 15) is 9.18 Å². The molecule has 0 aromatic heterocycles. The molecule has 0 aliphatic carbocycles. The van der Waals surface area contributed by atoms with Gasteiger partial charge in [-0.05, 0) is 29.3 Å². The fraction of sp³-hybridized carbons (Fsp3) is 0.188. The molecule has 104 valence electrons. The zero-order valence-electron chi connectivity index (χ0n) is 10.9. The predicted octanol–water partition coefficient (Wildman–Crippen LogP) is 3.44. The minimum atomic E-state index is -0.355. The van der Waals surface area contributed by atoms with Gasteiger partial charge in [0.05, 0.1) is 5.92 Å². The lowest BCUT2D eigenvalue weighted by atomic mass is 9.91. The second kappa shape index (κ2) is 6.77. The smallest absolute Gasteiger partial charge is 0.146 e. The van der Waals surface area contributed by atoms with E-state index < -0.39 is 0 Å². The van der Waals surface area contributed by atoms with Crippen molar-refractivity contribution >= 4 is 21.7 Å². The first-order valence-corrected chi connectivity index (χ1v) is 7.12. The summed E-state index contributed by atoms with van der Waals surface area (Å²) in [6.45, 7) is 0.246. The number of carbonyl (C=O) groups is 1. The van der Waals surface area contributed by atoms with Crippen molar-refractivity contribution in [3.8, 4) is 0 Å². The molecule has 2 aromatic carbocycles. The molecule has 2 rings (SSSR count). The van der Waals surface area contributed by atoms with Crippen LogP contribution in [0, 0.1) is 5.82 Å². The molecule has 0 amide bonds. The van der Waals surface area contributed by atoms with E-state index in [0.29, 0.717) is 5.56 Å². The number of Topliss-reactive ketones (excluding diaryl/α,β-unsaturated/α-hetero) is 1. The Morgan fingerprint density at radius 2 is 1.90 bits per heavy atom. The average molecular weight is 336 g/mol. The molecule has 0 saturated carbocycles. The van der Waals surface area contributed by atoms with E-state index in [0.717, 1.165) is 10.0 Å². The summed E-state index contributed by atoms with van der Waals surface area (Å²) in [6.07, 6.45) is 0.162.